The van der Waals surface area contributed by atoms with Crippen molar-refractivity contribution in [3.05, 3.63) is 59.9 Å². The van der Waals surface area contributed by atoms with Gasteiger partial charge >= 0.3 is 11.9 Å². The lowest BCUT2D eigenvalue weighted by molar-refractivity contribution is -0.140. The predicted octanol–water partition coefficient (Wildman–Crippen LogP) is 3.68. The molecule has 0 saturated heterocycles. The zero-order chi connectivity index (χ0) is 16.7. The molecule has 0 aliphatic heterocycles. The summed E-state index contributed by atoms with van der Waals surface area (Å²) in [6, 6.07) is 12.8. The number of rotatable bonds is 6. The fourth-order valence-corrected chi connectivity index (χ4v) is 1.97. The van der Waals surface area contributed by atoms with Gasteiger partial charge in [-0.2, -0.15) is 0 Å². The minimum atomic E-state index is -0.684. The van der Waals surface area contributed by atoms with Crippen LogP contribution in [-0.4, -0.2) is 11.9 Å². The maximum absolute atomic E-state index is 13.4. The molecule has 0 heterocycles. The van der Waals surface area contributed by atoms with Crippen molar-refractivity contribution >= 4 is 11.9 Å². The number of ether oxygens (including phenoxy) is 2. The van der Waals surface area contributed by atoms with Crippen LogP contribution in [0.15, 0.2) is 48.5 Å². The van der Waals surface area contributed by atoms with E-state index in [0.29, 0.717) is 5.75 Å². The third-order valence-electron chi connectivity index (χ3n) is 3.17. The fraction of sp³-hybridized carbons (Fsp3) is 0.222. The summed E-state index contributed by atoms with van der Waals surface area (Å²) < 4.78 is 23.5. The molecule has 0 aromatic heterocycles. The summed E-state index contributed by atoms with van der Waals surface area (Å²) in [4.78, 5) is 23.4. The average Bonchev–Trinajstić information content (AvgIpc) is 2.55. The predicted molar refractivity (Wildman–Crippen MR) is 82.7 cm³/mol. The molecule has 0 atom stereocenters. The zero-order valence-electron chi connectivity index (χ0n) is 12.8. The van der Waals surface area contributed by atoms with Gasteiger partial charge in [0, 0.05) is 0 Å². The number of halogens is 1. The van der Waals surface area contributed by atoms with Crippen LogP contribution in [0, 0.1) is 5.82 Å². The van der Waals surface area contributed by atoms with E-state index >= 15 is 0 Å². The second-order valence-electron chi connectivity index (χ2n) is 4.84. The fourth-order valence-electron chi connectivity index (χ4n) is 1.97. The van der Waals surface area contributed by atoms with E-state index in [9.17, 15) is 14.0 Å². The van der Waals surface area contributed by atoms with Crippen LogP contribution in [0.3, 0.4) is 0 Å². The molecule has 0 aliphatic carbocycles. The monoisotopic (exact) mass is 316 g/mol. The van der Waals surface area contributed by atoms with E-state index in [2.05, 4.69) is 0 Å². The van der Waals surface area contributed by atoms with Crippen molar-refractivity contribution in [3.8, 4) is 11.5 Å². The van der Waals surface area contributed by atoms with E-state index in [4.69, 9.17) is 9.47 Å². The lowest BCUT2D eigenvalue weighted by Crippen LogP contribution is -2.15. The summed E-state index contributed by atoms with van der Waals surface area (Å²) in [7, 11) is 0. The van der Waals surface area contributed by atoms with Crippen LogP contribution in [0.1, 0.15) is 25.3 Å². The Labute approximate surface area is 133 Å². The van der Waals surface area contributed by atoms with E-state index in [1.165, 1.54) is 18.2 Å². The first kappa shape index (κ1) is 16.7. The van der Waals surface area contributed by atoms with Crippen LogP contribution in [0.25, 0.3) is 0 Å². The highest BCUT2D eigenvalue weighted by molar-refractivity contribution is 5.80. The topological polar surface area (TPSA) is 52.6 Å². The summed E-state index contributed by atoms with van der Waals surface area (Å²) in [6.45, 7) is 1.96. The van der Waals surface area contributed by atoms with Gasteiger partial charge < -0.3 is 9.47 Å². The Hall–Kier alpha value is -2.69. The molecule has 0 N–H and O–H groups in total. The largest absolute Gasteiger partial charge is 0.426 e. The molecule has 23 heavy (non-hydrogen) atoms. The zero-order valence-corrected chi connectivity index (χ0v) is 12.8. The smallest absolute Gasteiger partial charge is 0.311 e. The molecule has 4 nitrogen and oxygen atoms in total. The minimum absolute atomic E-state index is 0.134. The van der Waals surface area contributed by atoms with Gasteiger partial charge in [0.1, 0.15) is 5.75 Å². The Morgan fingerprint density at radius 3 is 2.00 bits per heavy atom. The summed E-state index contributed by atoms with van der Waals surface area (Å²) in [6.07, 6.45) is 0.422. The molecule has 0 amide bonds. The van der Waals surface area contributed by atoms with E-state index in [-0.39, 0.29) is 18.6 Å². The number of para-hydroxylation sites is 2. The van der Waals surface area contributed by atoms with E-state index in [0.717, 1.165) is 12.0 Å². The first-order valence-electron chi connectivity index (χ1n) is 7.34. The maximum Gasteiger partial charge on any atom is 0.311 e. The Morgan fingerprint density at radius 2 is 1.39 bits per heavy atom. The van der Waals surface area contributed by atoms with Gasteiger partial charge in [0.15, 0.2) is 11.6 Å². The standard InChI is InChI=1S/C18H17FO4/c1-2-13-7-3-5-9-15(13)22-17(20)11-12-18(21)23-16-10-6-4-8-14(16)19/h3-10H,2,11-12H2,1H3. The Morgan fingerprint density at radius 1 is 0.870 bits per heavy atom. The molecule has 0 saturated carbocycles. The first-order valence-corrected chi connectivity index (χ1v) is 7.34. The van der Waals surface area contributed by atoms with Crippen molar-refractivity contribution in [3.63, 3.8) is 0 Å². The van der Waals surface area contributed by atoms with Gasteiger partial charge in [-0.05, 0) is 30.2 Å². The van der Waals surface area contributed by atoms with Gasteiger partial charge in [-0.25, -0.2) is 4.39 Å². The van der Waals surface area contributed by atoms with Crippen molar-refractivity contribution in [1.29, 1.82) is 0 Å². The number of carbonyl (C=O) groups is 2. The summed E-state index contributed by atoms with van der Waals surface area (Å²) in [5, 5.41) is 0. The minimum Gasteiger partial charge on any atom is -0.426 e. The van der Waals surface area contributed by atoms with Crippen molar-refractivity contribution in [2.24, 2.45) is 0 Å². The molecule has 0 fully saturated rings. The molecule has 0 bridgehead atoms. The number of esters is 2. The van der Waals surface area contributed by atoms with Crippen LogP contribution in [-0.2, 0) is 16.0 Å². The van der Waals surface area contributed by atoms with Gasteiger partial charge in [0.05, 0.1) is 12.8 Å². The van der Waals surface area contributed by atoms with Gasteiger partial charge in [-0.15, -0.1) is 0 Å². The molecule has 0 spiro atoms. The van der Waals surface area contributed by atoms with Crippen molar-refractivity contribution in [2.45, 2.75) is 26.2 Å². The number of benzene rings is 2. The Kier molecular flexibility index (Phi) is 5.86. The number of hydrogen-bond donors (Lipinski definition) is 0. The molecular weight excluding hydrogens is 299 g/mol. The van der Waals surface area contributed by atoms with Crippen molar-refractivity contribution < 1.29 is 23.5 Å². The molecule has 0 aliphatic rings. The number of aryl methyl sites for hydroxylation is 1. The normalized spacial score (nSPS) is 10.2. The van der Waals surface area contributed by atoms with Crippen LogP contribution in [0.2, 0.25) is 0 Å². The van der Waals surface area contributed by atoms with Gasteiger partial charge in [-0.3, -0.25) is 9.59 Å². The Bertz CT molecular complexity index is 697. The highest BCUT2D eigenvalue weighted by Gasteiger charge is 2.13. The van der Waals surface area contributed by atoms with E-state index in [1.54, 1.807) is 18.2 Å². The molecule has 2 aromatic carbocycles. The maximum atomic E-state index is 13.4. The average molecular weight is 316 g/mol. The lowest BCUT2D eigenvalue weighted by atomic mass is 10.1. The van der Waals surface area contributed by atoms with Crippen LogP contribution < -0.4 is 9.47 Å². The van der Waals surface area contributed by atoms with Crippen LogP contribution in [0.5, 0.6) is 11.5 Å². The number of hydrogen-bond acceptors (Lipinski definition) is 4. The van der Waals surface area contributed by atoms with E-state index < -0.39 is 17.8 Å². The molecule has 2 aromatic rings. The third-order valence-corrected chi connectivity index (χ3v) is 3.17. The lowest BCUT2D eigenvalue weighted by Gasteiger charge is -2.08. The molecule has 2 rings (SSSR count). The molecule has 5 heteroatoms. The SMILES string of the molecule is CCc1ccccc1OC(=O)CCC(=O)Oc1ccccc1F. The van der Waals surface area contributed by atoms with Gasteiger partial charge in [-0.1, -0.05) is 37.3 Å². The highest BCUT2D eigenvalue weighted by Crippen LogP contribution is 2.19. The molecule has 120 valence electrons. The Balaban J connectivity index is 1.84. The summed E-state index contributed by atoms with van der Waals surface area (Å²) in [5.41, 5.74) is 0.912. The third kappa shape index (κ3) is 4.92. The van der Waals surface area contributed by atoms with E-state index in [1.807, 2.05) is 19.1 Å². The highest BCUT2D eigenvalue weighted by atomic mass is 19.1. The van der Waals surface area contributed by atoms with Crippen LogP contribution >= 0.6 is 0 Å². The van der Waals surface area contributed by atoms with Crippen LogP contribution in [0.4, 0.5) is 4.39 Å². The molecule has 0 radical (unpaired) electrons. The number of carbonyl (C=O) groups excluding carboxylic acids is 2. The molecular formula is C18H17FO4. The van der Waals surface area contributed by atoms with Crippen molar-refractivity contribution in [1.82, 2.24) is 0 Å². The second kappa shape index (κ2) is 8.08. The summed E-state index contributed by atoms with van der Waals surface area (Å²) >= 11 is 0. The quantitative estimate of drug-likeness (QED) is 0.602. The van der Waals surface area contributed by atoms with Gasteiger partial charge in [0.25, 0.3) is 0 Å². The summed E-state index contributed by atoms with van der Waals surface area (Å²) in [5.74, 6) is -1.50. The molecule has 0 unspecified atom stereocenters. The second-order valence-corrected chi connectivity index (χ2v) is 4.84. The van der Waals surface area contributed by atoms with Gasteiger partial charge in [0.2, 0.25) is 0 Å². The first-order chi connectivity index (χ1) is 11.1. The van der Waals surface area contributed by atoms with Crippen molar-refractivity contribution in [2.75, 3.05) is 0 Å².